The van der Waals surface area contributed by atoms with E-state index >= 15 is 0 Å². The Labute approximate surface area is 162 Å². The summed E-state index contributed by atoms with van der Waals surface area (Å²) in [6.45, 7) is 2.03. The Bertz CT molecular complexity index is 1120. The predicted molar refractivity (Wildman–Crippen MR) is 108 cm³/mol. The van der Waals surface area contributed by atoms with E-state index in [2.05, 4.69) is 25.6 Å². The summed E-state index contributed by atoms with van der Waals surface area (Å²) >= 11 is 0. The van der Waals surface area contributed by atoms with Gasteiger partial charge in [-0.25, -0.2) is 15.0 Å². The molecule has 0 bridgehead atoms. The number of carbonyl (C=O) groups excluding carboxylic acids is 1. The third-order valence-electron chi connectivity index (χ3n) is 4.56. The van der Waals surface area contributed by atoms with Gasteiger partial charge in [0, 0.05) is 25.5 Å². The zero-order valence-corrected chi connectivity index (χ0v) is 15.6. The molecule has 0 saturated heterocycles. The molecule has 0 fully saturated rings. The van der Waals surface area contributed by atoms with Gasteiger partial charge in [-0.3, -0.25) is 9.20 Å². The Morgan fingerprint density at radius 2 is 1.82 bits per heavy atom. The lowest BCUT2D eigenvalue weighted by molar-refractivity contribution is 0.0963. The minimum absolute atomic E-state index is 0.0328. The molecule has 3 heterocycles. The van der Waals surface area contributed by atoms with Crippen LogP contribution >= 0.6 is 0 Å². The molecule has 0 radical (unpaired) electrons. The normalized spacial score (nSPS) is 11.9. The van der Waals surface area contributed by atoms with Crippen LogP contribution < -0.4 is 10.6 Å². The predicted octanol–water partition coefficient (Wildman–Crippen LogP) is 3.32. The summed E-state index contributed by atoms with van der Waals surface area (Å²) in [6.07, 6.45) is 5.19. The van der Waals surface area contributed by atoms with Crippen molar-refractivity contribution in [2.24, 2.45) is 0 Å². The number of pyridine rings is 1. The number of imidazole rings is 1. The third-order valence-corrected chi connectivity index (χ3v) is 4.56. The molecular weight excluding hydrogens is 352 g/mol. The number of nitrogens with zero attached hydrogens (tertiary/aromatic N) is 4. The maximum absolute atomic E-state index is 12.3. The van der Waals surface area contributed by atoms with Crippen LogP contribution in [-0.2, 0) is 0 Å². The fraction of sp³-hybridized carbons (Fsp3) is 0.143. The number of hydrogen-bond donors (Lipinski definition) is 2. The van der Waals surface area contributed by atoms with E-state index in [0.717, 1.165) is 16.9 Å². The molecule has 7 nitrogen and oxygen atoms in total. The van der Waals surface area contributed by atoms with Gasteiger partial charge in [0.15, 0.2) is 5.82 Å². The van der Waals surface area contributed by atoms with Crippen molar-refractivity contribution in [2.75, 3.05) is 12.4 Å². The van der Waals surface area contributed by atoms with E-state index in [-0.39, 0.29) is 11.9 Å². The van der Waals surface area contributed by atoms with Crippen LogP contribution in [0.3, 0.4) is 0 Å². The second-order valence-corrected chi connectivity index (χ2v) is 6.38. The van der Waals surface area contributed by atoms with Gasteiger partial charge in [-0.15, -0.1) is 0 Å². The molecule has 1 amide bonds. The first-order chi connectivity index (χ1) is 13.7. The average molecular weight is 372 g/mol. The van der Waals surface area contributed by atoms with Crippen molar-refractivity contribution < 1.29 is 4.79 Å². The van der Waals surface area contributed by atoms with Crippen molar-refractivity contribution in [1.82, 2.24) is 24.7 Å². The van der Waals surface area contributed by atoms with Gasteiger partial charge in [0.2, 0.25) is 0 Å². The molecule has 0 saturated carbocycles. The maximum Gasteiger partial charge on any atom is 0.256 e. The molecule has 0 aliphatic rings. The first kappa shape index (κ1) is 17.7. The highest BCUT2D eigenvalue weighted by atomic mass is 16.1. The second kappa shape index (κ2) is 7.48. The van der Waals surface area contributed by atoms with E-state index in [4.69, 9.17) is 0 Å². The van der Waals surface area contributed by atoms with Gasteiger partial charge >= 0.3 is 0 Å². The summed E-state index contributed by atoms with van der Waals surface area (Å²) in [5.74, 6) is 0.730. The zero-order valence-electron chi connectivity index (χ0n) is 15.6. The van der Waals surface area contributed by atoms with Crippen LogP contribution in [-0.4, -0.2) is 32.3 Å². The standard InChI is InChI=1S/C21H20N6O/c1-14(15-8-4-3-5-9-15)25-19-16(21(28)22-2)12-24-20(26-19)17-13-23-18-10-6-7-11-27(17)18/h3-14H,1-2H3,(H,22,28)(H,24,25,26). The van der Waals surface area contributed by atoms with E-state index < -0.39 is 0 Å². The van der Waals surface area contributed by atoms with Crippen molar-refractivity contribution in [3.05, 3.63) is 78.2 Å². The van der Waals surface area contributed by atoms with Crippen LogP contribution in [0.25, 0.3) is 17.2 Å². The molecule has 4 aromatic rings. The van der Waals surface area contributed by atoms with Crippen LogP contribution in [0.5, 0.6) is 0 Å². The summed E-state index contributed by atoms with van der Waals surface area (Å²) in [5, 5.41) is 5.99. The van der Waals surface area contributed by atoms with Crippen LogP contribution in [0.15, 0.2) is 67.1 Å². The Hall–Kier alpha value is -3.74. The number of carbonyl (C=O) groups is 1. The lowest BCUT2D eigenvalue weighted by Crippen LogP contribution is -2.22. The van der Waals surface area contributed by atoms with Gasteiger partial charge in [0.1, 0.15) is 22.7 Å². The molecule has 140 valence electrons. The van der Waals surface area contributed by atoms with Crippen molar-refractivity contribution in [1.29, 1.82) is 0 Å². The average Bonchev–Trinajstić information content (AvgIpc) is 3.18. The van der Waals surface area contributed by atoms with E-state index in [0.29, 0.717) is 17.2 Å². The van der Waals surface area contributed by atoms with Gasteiger partial charge in [-0.2, -0.15) is 0 Å². The highest BCUT2D eigenvalue weighted by Gasteiger charge is 2.18. The van der Waals surface area contributed by atoms with Gasteiger partial charge < -0.3 is 10.6 Å². The Morgan fingerprint density at radius 3 is 2.61 bits per heavy atom. The molecule has 1 unspecified atom stereocenters. The molecule has 7 heteroatoms. The first-order valence-corrected chi connectivity index (χ1v) is 9.00. The molecule has 1 atom stereocenters. The van der Waals surface area contributed by atoms with E-state index in [1.165, 1.54) is 0 Å². The molecule has 3 aromatic heterocycles. The first-order valence-electron chi connectivity index (χ1n) is 9.00. The summed E-state index contributed by atoms with van der Waals surface area (Å²) < 4.78 is 1.92. The van der Waals surface area contributed by atoms with Crippen LogP contribution in [0.4, 0.5) is 5.82 Å². The fourth-order valence-electron chi connectivity index (χ4n) is 3.04. The van der Waals surface area contributed by atoms with Crippen molar-refractivity contribution in [3.8, 4) is 11.5 Å². The molecule has 28 heavy (non-hydrogen) atoms. The number of nitrogens with one attached hydrogen (secondary N) is 2. The number of fused-ring (bicyclic) bond motifs is 1. The van der Waals surface area contributed by atoms with Gasteiger partial charge in [-0.1, -0.05) is 36.4 Å². The van der Waals surface area contributed by atoms with Gasteiger partial charge in [-0.05, 0) is 24.6 Å². The Kier molecular flexibility index (Phi) is 4.72. The number of amides is 1. The highest BCUT2D eigenvalue weighted by Crippen LogP contribution is 2.24. The largest absolute Gasteiger partial charge is 0.363 e. The minimum atomic E-state index is -0.243. The molecule has 4 rings (SSSR count). The van der Waals surface area contributed by atoms with Crippen LogP contribution in [0, 0.1) is 0 Å². The number of benzene rings is 1. The van der Waals surface area contributed by atoms with Crippen LogP contribution in [0.2, 0.25) is 0 Å². The highest BCUT2D eigenvalue weighted by molar-refractivity contribution is 5.98. The quantitative estimate of drug-likeness (QED) is 0.561. The summed E-state index contributed by atoms with van der Waals surface area (Å²) in [4.78, 5) is 25.8. The lowest BCUT2D eigenvalue weighted by Gasteiger charge is -2.17. The molecule has 1 aromatic carbocycles. The van der Waals surface area contributed by atoms with E-state index in [1.807, 2.05) is 66.1 Å². The smallest absolute Gasteiger partial charge is 0.256 e. The van der Waals surface area contributed by atoms with Crippen molar-refractivity contribution in [2.45, 2.75) is 13.0 Å². The number of hydrogen-bond acceptors (Lipinski definition) is 5. The Morgan fingerprint density at radius 1 is 1.04 bits per heavy atom. The number of aromatic nitrogens is 4. The lowest BCUT2D eigenvalue weighted by atomic mass is 10.1. The number of anilines is 1. The van der Waals surface area contributed by atoms with Crippen molar-refractivity contribution in [3.63, 3.8) is 0 Å². The summed E-state index contributed by atoms with van der Waals surface area (Å²) in [6, 6.07) is 15.7. The molecule has 0 spiro atoms. The van der Waals surface area contributed by atoms with Crippen LogP contribution in [0.1, 0.15) is 28.9 Å². The van der Waals surface area contributed by atoms with E-state index in [9.17, 15) is 4.79 Å². The topological polar surface area (TPSA) is 84.2 Å². The van der Waals surface area contributed by atoms with Gasteiger partial charge in [0.05, 0.1) is 6.20 Å². The SMILES string of the molecule is CNC(=O)c1cnc(-c2cnc3ccccn23)nc1NC(C)c1ccccc1. The monoisotopic (exact) mass is 372 g/mol. The number of rotatable bonds is 5. The molecule has 0 aliphatic heterocycles. The Balaban J connectivity index is 1.76. The third kappa shape index (κ3) is 3.29. The molecule has 2 N–H and O–H groups in total. The summed E-state index contributed by atoms with van der Waals surface area (Å²) in [5.41, 5.74) is 3.06. The second-order valence-electron chi connectivity index (χ2n) is 6.38. The molecule has 0 aliphatic carbocycles. The zero-order chi connectivity index (χ0) is 19.5. The van der Waals surface area contributed by atoms with Crippen molar-refractivity contribution >= 4 is 17.4 Å². The molecular formula is C21H20N6O. The maximum atomic E-state index is 12.3. The fourth-order valence-corrected chi connectivity index (χ4v) is 3.04. The van der Waals surface area contributed by atoms with E-state index in [1.54, 1.807) is 19.4 Å². The summed E-state index contributed by atoms with van der Waals surface area (Å²) in [7, 11) is 1.59. The minimum Gasteiger partial charge on any atom is -0.363 e. The van der Waals surface area contributed by atoms with Gasteiger partial charge in [0.25, 0.3) is 5.91 Å².